The lowest BCUT2D eigenvalue weighted by Gasteiger charge is -2.23. The van der Waals surface area contributed by atoms with Gasteiger partial charge in [-0.05, 0) is 25.0 Å². The minimum absolute atomic E-state index is 0.0218. The van der Waals surface area contributed by atoms with Crippen molar-refractivity contribution in [2.24, 2.45) is 0 Å². The maximum Gasteiger partial charge on any atom is 0.304 e. The zero-order valence-corrected chi connectivity index (χ0v) is 11.5. The molecule has 20 heavy (non-hydrogen) atoms. The van der Waals surface area contributed by atoms with Crippen LogP contribution in [0.2, 0.25) is 0 Å². The minimum Gasteiger partial charge on any atom is -0.481 e. The van der Waals surface area contributed by atoms with Crippen LogP contribution < -0.4 is 0 Å². The van der Waals surface area contributed by atoms with Crippen LogP contribution in [0.15, 0.2) is 22.8 Å². The molecule has 0 radical (unpaired) electrons. The second kappa shape index (κ2) is 7.09. The van der Waals surface area contributed by atoms with Crippen molar-refractivity contribution in [2.45, 2.75) is 25.8 Å². The standard InChI is InChI=1S/C14H20N2O4/c17-13(16-6-1-2-7-16)11-15(8-5-14(18)19)10-12-4-3-9-20-12/h3-4,9H,1-2,5-8,10-11H2,(H,18,19). The molecule has 6 heteroatoms. The summed E-state index contributed by atoms with van der Waals surface area (Å²) in [7, 11) is 0. The zero-order chi connectivity index (χ0) is 14.4. The van der Waals surface area contributed by atoms with Crippen LogP contribution in [-0.4, -0.2) is 53.0 Å². The predicted octanol–water partition coefficient (Wildman–Crippen LogP) is 1.18. The summed E-state index contributed by atoms with van der Waals surface area (Å²) in [6, 6.07) is 3.61. The van der Waals surface area contributed by atoms with E-state index in [-0.39, 0.29) is 18.9 Å². The van der Waals surface area contributed by atoms with Crippen LogP contribution in [0, 0.1) is 0 Å². The van der Waals surface area contributed by atoms with Crippen LogP contribution in [0.5, 0.6) is 0 Å². The van der Waals surface area contributed by atoms with Gasteiger partial charge in [-0.25, -0.2) is 0 Å². The van der Waals surface area contributed by atoms with Gasteiger partial charge >= 0.3 is 5.97 Å². The van der Waals surface area contributed by atoms with E-state index in [9.17, 15) is 9.59 Å². The summed E-state index contributed by atoms with van der Waals surface area (Å²) < 4.78 is 5.26. The Morgan fingerprint density at radius 1 is 1.35 bits per heavy atom. The fourth-order valence-electron chi connectivity index (χ4n) is 2.35. The molecular weight excluding hydrogens is 260 g/mol. The number of nitrogens with zero attached hydrogens (tertiary/aromatic N) is 2. The van der Waals surface area contributed by atoms with Crippen molar-refractivity contribution in [3.8, 4) is 0 Å². The fraction of sp³-hybridized carbons (Fsp3) is 0.571. The molecule has 6 nitrogen and oxygen atoms in total. The second-order valence-electron chi connectivity index (χ2n) is 5.02. The number of rotatable bonds is 7. The lowest BCUT2D eigenvalue weighted by atomic mass is 10.3. The largest absolute Gasteiger partial charge is 0.481 e. The topological polar surface area (TPSA) is 74.0 Å². The number of amides is 1. The van der Waals surface area contributed by atoms with Gasteiger partial charge in [0.05, 0.1) is 25.8 Å². The van der Waals surface area contributed by atoms with E-state index in [2.05, 4.69) is 0 Å². The Bertz CT molecular complexity index is 438. The van der Waals surface area contributed by atoms with Gasteiger partial charge in [0.25, 0.3) is 0 Å². The van der Waals surface area contributed by atoms with Gasteiger partial charge in [-0.1, -0.05) is 0 Å². The highest BCUT2D eigenvalue weighted by Crippen LogP contribution is 2.10. The SMILES string of the molecule is O=C(O)CCN(CC(=O)N1CCCC1)Cc1ccco1. The number of carboxylic acids is 1. The third kappa shape index (κ3) is 4.38. The van der Waals surface area contributed by atoms with E-state index in [1.54, 1.807) is 12.3 Å². The summed E-state index contributed by atoms with van der Waals surface area (Å²) in [5.74, 6) is -0.0490. The van der Waals surface area contributed by atoms with Gasteiger partial charge in [0.2, 0.25) is 5.91 Å². The summed E-state index contributed by atoms with van der Waals surface area (Å²) in [4.78, 5) is 26.5. The Balaban J connectivity index is 1.90. The number of hydrogen-bond donors (Lipinski definition) is 1. The average molecular weight is 280 g/mol. The van der Waals surface area contributed by atoms with E-state index in [1.807, 2.05) is 15.9 Å². The van der Waals surface area contributed by atoms with E-state index >= 15 is 0 Å². The number of aliphatic carboxylic acids is 1. The van der Waals surface area contributed by atoms with E-state index < -0.39 is 5.97 Å². The lowest BCUT2D eigenvalue weighted by molar-refractivity contribution is -0.138. The Morgan fingerprint density at radius 2 is 2.10 bits per heavy atom. The smallest absolute Gasteiger partial charge is 0.304 e. The normalized spacial score (nSPS) is 14.9. The average Bonchev–Trinajstić information content (AvgIpc) is 3.08. The molecule has 110 valence electrons. The monoisotopic (exact) mass is 280 g/mol. The van der Waals surface area contributed by atoms with Crippen molar-refractivity contribution >= 4 is 11.9 Å². The van der Waals surface area contributed by atoms with Crippen molar-refractivity contribution in [1.29, 1.82) is 0 Å². The Labute approximate surface area is 118 Å². The molecule has 0 aliphatic carbocycles. The number of carbonyl (C=O) groups excluding carboxylic acids is 1. The highest BCUT2D eigenvalue weighted by atomic mass is 16.4. The molecule has 0 aromatic carbocycles. The number of likely N-dealkylation sites (tertiary alicyclic amines) is 1. The van der Waals surface area contributed by atoms with Crippen LogP contribution in [-0.2, 0) is 16.1 Å². The van der Waals surface area contributed by atoms with Crippen LogP contribution in [0.25, 0.3) is 0 Å². The van der Waals surface area contributed by atoms with Gasteiger partial charge in [-0.3, -0.25) is 14.5 Å². The van der Waals surface area contributed by atoms with E-state index in [0.29, 0.717) is 13.1 Å². The Morgan fingerprint density at radius 3 is 2.70 bits per heavy atom. The molecule has 1 aromatic heterocycles. The van der Waals surface area contributed by atoms with Crippen molar-refractivity contribution in [3.63, 3.8) is 0 Å². The van der Waals surface area contributed by atoms with Gasteiger partial charge < -0.3 is 14.4 Å². The summed E-state index contributed by atoms with van der Waals surface area (Å²) in [5, 5.41) is 8.79. The highest BCUT2D eigenvalue weighted by Gasteiger charge is 2.21. The predicted molar refractivity (Wildman–Crippen MR) is 72.1 cm³/mol. The zero-order valence-electron chi connectivity index (χ0n) is 11.5. The number of carboxylic acid groups (broad SMARTS) is 1. The number of furan rings is 1. The van der Waals surface area contributed by atoms with E-state index in [1.165, 1.54) is 0 Å². The van der Waals surface area contributed by atoms with E-state index in [0.717, 1.165) is 31.7 Å². The van der Waals surface area contributed by atoms with Crippen molar-refractivity contribution < 1.29 is 19.1 Å². The summed E-state index contributed by atoms with van der Waals surface area (Å²) in [5.41, 5.74) is 0. The third-order valence-corrected chi connectivity index (χ3v) is 3.42. The maximum absolute atomic E-state index is 12.1. The Hall–Kier alpha value is -1.82. The number of hydrogen-bond acceptors (Lipinski definition) is 4. The highest BCUT2D eigenvalue weighted by molar-refractivity contribution is 5.78. The molecule has 1 fully saturated rings. The molecule has 1 aliphatic heterocycles. The van der Waals surface area contributed by atoms with Gasteiger partial charge in [-0.15, -0.1) is 0 Å². The van der Waals surface area contributed by atoms with Gasteiger partial charge in [-0.2, -0.15) is 0 Å². The van der Waals surface area contributed by atoms with Crippen molar-refractivity contribution in [1.82, 2.24) is 9.80 Å². The number of carbonyl (C=O) groups is 2. The molecule has 1 amide bonds. The molecule has 1 N–H and O–H groups in total. The second-order valence-corrected chi connectivity index (χ2v) is 5.02. The third-order valence-electron chi connectivity index (χ3n) is 3.42. The van der Waals surface area contributed by atoms with E-state index in [4.69, 9.17) is 9.52 Å². The molecule has 1 saturated heterocycles. The first-order chi connectivity index (χ1) is 9.65. The quantitative estimate of drug-likeness (QED) is 0.811. The maximum atomic E-state index is 12.1. The summed E-state index contributed by atoms with van der Waals surface area (Å²) in [6.45, 7) is 2.67. The van der Waals surface area contributed by atoms with Crippen molar-refractivity contribution in [3.05, 3.63) is 24.2 Å². The fourth-order valence-corrected chi connectivity index (χ4v) is 2.35. The molecule has 0 spiro atoms. The molecule has 0 bridgehead atoms. The first kappa shape index (κ1) is 14.6. The molecule has 1 aliphatic rings. The molecule has 2 rings (SSSR count). The van der Waals surface area contributed by atoms with Crippen LogP contribution >= 0.6 is 0 Å². The molecular formula is C14H20N2O4. The molecule has 2 heterocycles. The first-order valence-corrected chi connectivity index (χ1v) is 6.89. The molecule has 0 atom stereocenters. The first-order valence-electron chi connectivity index (χ1n) is 6.89. The molecule has 1 aromatic rings. The minimum atomic E-state index is -0.858. The summed E-state index contributed by atoms with van der Waals surface area (Å²) in [6.07, 6.45) is 3.71. The summed E-state index contributed by atoms with van der Waals surface area (Å²) >= 11 is 0. The molecule has 0 saturated carbocycles. The van der Waals surface area contributed by atoms with Gasteiger partial charge in [0.15, 0.2) is 0 Å². The van der Waals surface area contributed by atoms with Crippen molar-refractivity contribution in [2.75, 3.05) is 26.2 Å². The van der Waals surface area contributed by atoms with Crippen LogP contribution in [0.3, 0.4) is 0 Å². The van der Waals surface area contributed by atoms with Crippen LogP contribution in [0.4, 0.5) is 0 Å². The molecule has 0 unspecified atom stereocenters. The van der Waals surface area contributed by atoms with Gasteiger partial charge in [0, 0.05) is 19.6 Å². The van der Waals surface area contributed by atoms with Gasteiger partial charge in [0.1, 0.15) is 5.76 Å². The Kier molecular flexibility index (Phi) is 5.17. The van der Waals surface area contributed by atoms with Crippen LogP contribution in [0.1, 0.15) is 25.0 Å². The lowest BCUT2D eigenvalue weighted by Crippen LogP contribution is -2.39.